The molecule has 25 heavy (non-hydrogen) atoms. The average molecular weight is 383 g/mol. The Kier molecular flexibility index (Phi) is 4.66. The maximum Gasteiger partial charge on any atom is 0.289 e. The number of benzene rings is 2. The summed E-state index contributed by atoms with van der Waals surface area (Å²) < 4.78 is 63.6. The molecular formula is C17H12F3NO2S2. The molecule has 0 saturated carbocycles. The Morgan fingerprint density at radius 3 is 2.28 bits per heavy atom. The van der Waals surface area contributed by atoms with Gasteiger partial charge in [0.15, 0.2) is 14.8 Å². The van der Waals surface area contributed by atoms with Gasteiger partial charge in [0.25, 0.3) is 6.43 Å². The minimum absolute atomic E-state index is 0.0304. The lowest BCUT2D eigenvalue weighted by atomic mass is 10.1. The Balaban J connectivity index is 2.28. The molecule has 8 heteroatoms. The van der Waals surface area contributed by atoms with E-state index in [4.69, 9.17) is 0 Å². The number of hydrogen-bond acceptors (Lipinski definition) is 4. The Labute approximate surface area is 146 Å². The predicted octanol–water partition coefficient (Wildman–Crippen LogP) is 4.96. The van der Waals surface area contributed by atoms with Crippen LogP contribution in [0, 0.1) is 5.82 Å². The van der Waals surface area contributed by atoms with Crippen molar-refractivity contribution in [3.63, 3.8) is 0 Å². The van der Waals surface area contributed by atoms with Crippen LogP contribution in [-0.4, -0.2) is 19.7 Å². The van der Waals surface area contributed by atoms with Crippen molar-refractivity contribution in [1.29, 1.82) is 0 Å². The van der Waals surface area contributed by atoms with Crippen LogP contribution in [0.3, 0.4) is 0 Å². The van der Waals surface area contributed by atoms with Gasteiger partial charge in [-0.25, -0.2) is 26.6 Å². The summed E-state index contributed by atoms with van der Waals surface area (Å²) >= 11 is 0.731. The highest BCUT2D eigenvalue weighted by molar-refractivity contribution is 7.90. The third-order valence-electron chi connectivity index (χ3n) is 3.48. The lowest BCUT2D eigenvalue weighted by Crippen LogP contribution is -1.99. The lowest BCUT2D eigenvalue weighted by molar-refractivity contribution is 0.151. The molecule has 0 N–H and O–H groups in total. The summed E-state index contributed by atoms with van der Waals surface area (Å²) in [6.45, 7) is 0. The van der Waals surface area contributed by atoms with Crippen LogP contribution in [0.25, 0.3) is 21.7 Å². The first-order valence-electron chi connectivity index (χ1n) is 7.11. The van der Waals surface area contributed by atoms with Crippen LogP contribution < -0.4 is 0 Å². The first-order valence-corrected chi connectivity index (χ1v) is 9.82. The lowest BCUT2D eigenvalue weighted by Gasteiger charge is -2.08. The van der Waals surface area contributed by atoms with E-state index in [9.17, 15) is 21.6 Å². The zero-order chi connectivity index (χ0) is 18.2. The molecule has 0 amide bonds. The molecule has 0 radical (unpaired) electrons. The number of aromatic nitrogens is 1. The predicted molar refractivity (Wildman–Crippen MR) is 91.0 cm³/mol. The molecule has 0 spiro atoms. The molecule has 0 atom stereocenters. The van der Waals surface area contributed by atoms with Crippen molar-refractivity contribution in [3.05, 3.63) is 59.4 Å². The van der Waals surface area contributed by atoms with Gasteiger partial charge in [-0.15, -0.1) is 11.3 Å². The van der Waals surface area contributed by atoms with Gasteiger partial charge in [0, 0.05) is 17.4 Å². The maximum absolute atomic E-state index is 13.2. The number of nitrogens with zero attached hydrogens (tertiary/aromatic N) is 1. The molecule has 0 aliphatic carbocycles. The summed E-state index contributed by atoms with van der Waals surface area (Å²) in [5.41, 5.74) is 0.938. The molecule has 3 nitrogen and oxygen atoms in total. The summed E-state index contributed by atoms with van der Waals surface area (Å²) in [6.07, 6.45) is -1.73. The topological polar surface area (TPSA) is 47.0 Å². The van der Waals surface area contributed by atoms with E-state index in [0.717, 1.165) is 17.6 Å². The van der Waals surface area contributed by atoms with Gasteiger partial charge >= 0.3 is 0 Å². The van der Waals surface area contributed by atoms with Gasteiger partial charge in [-0.05, 0) is 30.3 Å². The fraction of sp³-hybridized carbons (Fsp3) is 0.118. The van der Waals surface area contributed by atoms with E-state index in [1.165, 1.54) is 30.3 Å². The van der Waals surface area contributed by atoms with Crippen molar-refractivity contribution in [2.45, 2.75) is 11.3 Å². The Morgan fingerprint density at radius 2 is 1.68 bits per heavy atom. The van der Waals surface area contributed by atoms with Crippen molar-refractivity contribution >= 4 is 21.2 Å². The zero-order valence-electron chi connectivity index (χ0n) is 12.9. The van der Waals surface area contributed by atoms with Crippen LogP contribution in [0.2, 0.25) is 0 Å². The van der Waals surface area contributed by atoms with Crippen LogP contribution in [0.15, 0.2) is 53.4 Å². The highest BCUT2D eigenvalue weighted by Crippen LogP contribution is 2.42. The summed E-state index contributed by atoms with van der Waals surface area (Å²) in [6, 6.07) is 11.4. The van der Waals surface area contributed by atoms with E-state index >= 15 is 0 Å². The van der Waals surface area contributed by atoms with E-state index in [1.807, 2.05) is 0 Å². The minimum atomic E-state index is -3.57. The second-order valence-corrected chi connectivity index (χ2v) is 8.32. The van der Waals surface area contributed by atoms with Gasteiger partial charge in [-0.2, -0.15) is 0 Å². The van der Waals surface area contributed by atoms with E-state index < -0.39 is 27.1 Å². The van der Waals surface area contributed by atoms with E-state index in [2.05, 4.69) is 4.98 Å². The van der Waals surface area contributed by atoms with Crippen LogP contribution in [-0.2, 0) is 9.84 Å². The minimum Gasteiger partial charge on any atom is -0.234 e. The molecule has 0 unspecified atom stereocenters. The molecule has 0 aliphatic rings. The Morgan fingerprint density at radius 1 is 1.04 bits per heavy atom. The number of hydrogen-bond donors (Lipinski definition) is 0. The zero-order valence-corrected chi connectivity index (χ0v) is 14.5. The summed E-state index contributed by atoms with van der Waals surface area (Å²) in [4.78, 5) is 4.30. The maximum atomic E-state index is 13.2. The van der Waals surface area contributed by atoms with Crippen LogP contribution in [0.1, 0.15) is 11.4 Å². The largest absolute Gasteiger partial charge is 0.289 e. The summed E-state index contributed by atoms with van der Waals surface area (Å²) in [5, 5.41) is -0.419. The average Bonchev–Trinajstić information content (AvgIpc) is 3.00. The van der Waals surface area contributed by atoms with Crippen LogP contribution in [0.5, 0.6) is 0 Å². The molecule has 1 heterocycles. The van der Waals surface area contributed by atoms with Crippen molar-refractivity contribution in [3.8, 4) is 21.7 Å². The second-order valence-electron chi connectivity index (χ2n) is 5.31. The SMILES string of the molecule is CS(=O)(=O)c1ccccc1-c1sc(C(F)F)nc1-c1ccc(F)cc1. The summed E-state index contributed by atoms with van der Waals surface area (Å²) in [7, 11) is -3.57. The monoisotopic (exact) mass is 383 g/mol. The number of sulfone groups is 1. The first kappa shape index (κ1) is 17.6. The molecule has 130 valence electrons. The van der Waals surface area contributed by atoms with Gasteiger partial charge in [-0.1, -0.05) is 18.2 Å². The van der Waals surface area contributed by atoms with E-state index in [-0.39, 0.29) is 10.6 Å². The highest BCUT2D eigenvalue weighted by atomic mass is 32.2. The van der Waals surface area contributed by atoms with Crippen molar-refractivity contribution in [1.82, 2.24) is 4.98 Å². The fourth-order valence-electron chi connectivity index (χ4n) is 2.39. The Bertz CT molecular complexity index is 1010. The fourth-order valence-corrected chi connectivity index (χ4v) is 4.34. The van der Waals surface area contributed by atoms with Gasteiger partial charge in [0.2, 0.25) is 0 Å². The molecule has 3 aromatic rings. The molecule has 2 aromatic carbocycles. The van der Waals surface area contributed by atoms with Gasteiger partial charge in [-0.3, -0.25) is 0 Å². The number of halogens is 3. The highest BCUT2D eigenvalue weighted by Gasteiger charge is 2.24. The van der Waals surface area contributed by atoms with Gasteiger partial charge < -0.3 is 0 Å². The van der Waals surface area contributed by atoms with E-state index in [0.29, 0.717) is 16.0 Å². The quantitative estimate of drug-likeness (QED) is 0.640. The molecule has 0 aliphatic heterocycles. The second kappa shape index (κ2) is 6.61. The third kappa shape index (κ3) is 3.59. The smallest absolute Gasteiger partial charge is 0.234 e. The van der Waals surface area contributed by atoms with Crippen LogP contribution in [0.4, 0.5) is 13.2 Å². The summed E-state index contributed by atoms with van der Waals surface area (Å²) in [5.74, 6) is -0.467. The number of rotatable bonds is 4. The van der Waals surface area contributed by atoms with Gasteiger partial charge in [0.1, 0.15) is 5.82 Å². The molecule has 0 saturated heterocycles. The molecule has 1 aromatic heterocycles. The molecule has 0 fully saturated rings. The standard InChI is InChI=1S/C17H12F3NO2S2/c1-25(22,23)13-5-3-2-4-12(13)15-14(21-17(24-15)16(19)20)10-6-8-11(18)9-7-10/h2-9,16H,1H3. The molecule has 3 rings (SSSR count). The first-order chi connectivity index (χ1) is 11.8. The normalized spacial score (nSPS) is 11.9. The third-order valence-corrected chi connectivity index (χ3v) is 5.73. The van der Waals surface area contributed by atoms with Crippen molar-refractivity contribution < 1.29 is 21.6 Å². The Hall–Kier alpha value is -2.19. The molecular weight excluding hydrogens is 371 g/mol. The van der Waals surface area contributed by atoms with E-state index in [1.54, 1.807) is 18.2 Å². The van der Waals surface area contributed by atoms with Gasteiger partial charge in [0.05, 0.1) is 15.5 Å². The van der Waals surface area contributed by atoms with Crippen molar-refractivity contribution in [2.24, 2.45) is 0 Å². The molecule has 0 bridgehead atoms. The van der Waals surface area contributed by atoms with Crippen molar-refractivity contribution in [2.75, 3.05) is 6.26 Å². The van der Waals surface area contributed by atoms with Crippen LogP contribution >= 0.6 is 11.3 Å². The number of alkyl halides is 2. The number of thiazole rings is 1.